The summed E-state index contributed by atoms with van der Waals surface area (Å²) in [4.78, 5) is 14.1. The number of nitrogens with zero attached hydrogens (tertiary/aromatic N) is 1. The minimum Gasteiger partial charge on any atom is -0.497 e. The number of hydrogen-bond donors (Lipinski definition) is 1. The molecule has 2 rings (SSSR count). The molecule has 2 aromatic carbocycles. The molecule has 0 saturated carbocycles. The van der Waals surface area contributed by atoms with Crippen molar-refractivity contribution in [2.45, 2.75) is 13.5 Å². The van der Waals surface area contributed by atoms with E-state index in [0.717, 1.165) is 0 Å². The molecule has 0 aliphatic heterocycles. The summed E-state index contributed by atoms with van der Waals surface area (Å²) in [6.07, 6.45) is 0. The number of ether oxygens (including phenoxy) is 1. The van der Waals surface area contributed by atoms with Crippen LogP contribution in [0.3, 0.4) is 0 Å². The third-order valence-electron chi connectivity index (χ3n) is 3.58. The van der Waals surface area contributed by atoms with Gasteiger partial charge in [-0.3, -0.25) is 9.69 Å². The SMILES string of the molecule is CCN(CC(=O)Nc1cccc(OC)c1)Cc1ccc(Br)cc1F. The predicted molar refractivity (Wildman–Crippen MR) is 96.7 cm³/mol. The normalized spacial score (nSPS) is 10.7. The van der Waals surface area contributed by atoms with Gasteiger partial charge in [0.1, 0.15) is 11.6 Å². The molecule has 0 spiro atoms. The van der Waals surface area contributed by atoms with Gasteiger partial charge < -0.3 is 10.1 Å². The van der Waals surface area contributed by atoms with Crippen molar-refractivity contribution in [2.75, 3.05) is 25.5 Å². The van der Waals surface area contributed by atoms with Crippen LogP contribution in [0.1, 0.15) is 12.5 Å². The van der Waals surface area contributed by atoms with Gasteiger partial charge in [0.2, 0.25) is 5.91 Å². The largest absolute Gasteiger partial charge is 0.497 e. The predicted octanol–water partition coefficient (Wildman–Crippen LogP) is 4.06. The molecule has 0 bridgehead atoms. The molecule has 4 nitrogen and oxygen atoms in total. The molecule has 1 N–H and O–H groups in total. The van der Waals surface area contributed by atoms with Crippen LogP contribution in [0.5, 0.6) is 5.75 Å². The van der Waals surface area contributed by atoms with E-state index in [9.17, 15) is 9.18 Å². The van der Waals surface area contributed by atoms with Crippen molar-refractivity contribution in [3.8, 4) is 5.75 Å². The Kier molecular flexibility index (Phi) is 6.75. The van der Waals surface area contributed by atoms with Gasteiger partial charge in [-0.25, -0.2) is 4.39 Å². The fourth-order valence-electron chi connectivity index (χ4n) is 2.27. The Hall–Kier alpha value is -1.92. The van der Waals surface area contributed by atoms with Crippen LogP contribution in [0.15, 0.2) is 46.9 Å². The average Bonchev–Trinajstić information content (AvgIpc) is 2.56. The van der Waals surface area contributed by atoms with Crippen molar-refractivity contribution >= 4 is 27.5 Å². The number of hydrogen-bond acceptors (Lipinski definition) is 3. The average molecular weight is 395 g/mol. The fourth-order valence-corrected chi connectivity index (χ4v) is 2.61. The molecule has 0 aliphatic carbocycles. The highest BCUT2D eigenvalue weighted by Crippen LogP contribution is 2.18. The van der Waals surface area contributed by atoms with Crippen molar-refractivity contribution in [1.29, 1.82) is 0 Å². The molecule has 0 fully saturated rings. The first kappa shape index (κ1) is 18.4. The number of likely N-dealkylation sites (N-methyl/N-ethyl adjacent to an activating group) is 1. The lowest BCUT2D eigenvalue weighted by atomic mass is 10.2. The smallest absolute Gasteiger partial charge is 0.238 e. The summed E-state index contributed by atoms with van der Waals surface area (Å²) in [5.41, 5.74) is 1.24. The Bertz CT molecular complexity index is 709. The number of amides is 1. The highest BCUT2D eigenvalue weighted by Gasteiger charge is 2.13. The number of methoxy groups -OCH3 is 1. The van der Waals surface area contributed by atoms with E-state index in [0.29, 0.717) is 34.6 Å². The topological polar surface area (TPSA) is 41.6 Å². The first-order valence-corrected chi connectivity index (χ1v) is 8.41. The van der Waals surface area contributed by atoms with Gasteiger partial charge in [0.15, 0.2) is 0 Å². The maximum Gasteiger partial charge on any atom is 0.238 e. The molecule has 0 aliphatic rings. The number of carbonyl (C=O) groups is 1. The van der Waals surface area contributed by atoms with E-state index in [2.05, 4.69) is 21.2 Å². The molecule has 0 unspecified atom stereocenters. The van der Waals surface area contributed by atoms with E-state index in [1.165, 1.54) is 6.07 Å². The van der Waals surface area contributed by atoms with Crippen LogP contribution in [0, 0.1) is 5.82 Å². The van der Waals surface area contributed by atoms with Gasteiger partial charge in [-0.1, -0.05) is 35.0 Å². The van der Waals surface area contributed by atoms with Crippen LogP contribution in [0.25, 0.3) is 0 Å². The number of benzene rings is 2. The summed E-state index contributed by atoms with van der Waals surface area (Å²) in [5.74, 6) is 0.246. The Morgan fingerprint density at radius 3 is 2.75 bits per heavy atom. The summed E-state index contributed by atoms with van der Waals surface area (Å²) >= 11 is 3.24. The Morgan fingerprint density at radius 2 is 2.08 bits per heavy atom. The van der Waals surface area contributed by atoms with Gasteiger partial charge in [-0.2, -0.15) is 0 Å². The summed E-state index contributed by atoms with van der Waals surface area (Å²) in [7, 11) is 1.58. The summed E-state index contributed by atoms with van der Waals surface area (Å²) in [6, 6.07) is 12.1. The van der Waals surface area contributed by atoms with Crippen LogP contribution < -0.4 is 10.1 Å². The molecule has 0 heterocycles. The molecular formula is C18H20BrFN2O2. The van der Waals surface area contributed by atoms with Crippen LogP contribution >= 0.6 is 15.9 Å². The molecule has 0 saturated heterocycles. The van der Waals surface area contributed by atoms with Gasteiger partial charge in [0.25, 0.3) is 0 Å². The fraction of sp³-hybridized carbons (Fsp3) is 0.278. The van der Waals surface area contributed by atoms with Crippen LogP contribution in [-0.4, -0.2) is 31.0 Å². The van der Waals surface area contributed by atoms with Crippen molar-refractivity contribution in [1.82, 2.24) is 4.90 Å². The zero-order valence-electron chi connectivity index (χ0n) is 13.7. The molecule has 6 heteroatoms. The summed E-state index contributed by atoms with van der Waals surface area (Å²) < 4.78 is 19.8. The van der Waals surface area contributed by atoms with E-state index >= 15 is 0 Å². The molecule has 24 heavy (non-hydrogen) atoms. The highest BCUT2D eigenvalue weighted by atomic mass is 79.9. The van der Waals surface area contributed by atoms with Crippen LogP contribution in [-0.2, 0) is 11.3 Å². The molecule has 128 valence electrons. The number of halogens is 2. The monoisotopic (exact) mass is 394 g/mol. The minimum atomic E-state index is -0.281. The standard InChI is InChI=1S/C18H20BrFN2O2/c1-3-22(11-13-7-8-14(19)9-17(13)20)12-18(23)21-15-5-4-6-16(10-15)24-2/h4-10H,3,11-12H2,1-2H3,(H,21,23). The first-order chi connectivity index (χ1) is 11.5. The zero-order chi connectivity index (χ0) is 17.5. The Morgan fingerprint density at radius 1 is 1.29 bits per heavy atom. The Labute approximate surface area is 149 Å². The number of carbonyl (C=O) groups excluding carboxylic acids is 1. The maximum atomic E-state index is 13.9. The molecule has 0 aromatic heterocycles. The molecule has 0 atom stereocenters. The van der Waals surface area contributed by atoms with Crippen molar-refractivity contribution in [3.05, 3.63) is 58.3 Å². The molecule has 0 radical (unpaired) electrons. The van der Waals surface area contributed by atoms with Gasteiger partial charge in [-0.05, 0) is 30.8 Å². The van der Waals surface area contributed by atoms with E-state index in [-0.39, 0.29) is 18.3 Å². The molecule has 1 amide bonds. The van der Waals surface area contributed by atoms with E-state index in [1.807, 2.05) is 24.0 Å². The third-order valence-corrected chi connectivity index (χ3v) is 4.07. The second-order valence-corrected chi connectivity index (χ2v) is 6.23. The van der Waals surface area contributed by atoms with E-state index < -0.39 is 0 Å². The second-order valence-electron chi connectivity index (χ2n) is 5.32. The zero-order valence-corrected chi connectivity index (χ0v) is 15.3. The number of nitrogens with one attached hydrogen (secondary N) is 1. The second kappa shape index (κ2) is 8.80. The first-order valence-electron chi connectivity index (χ1n) is 7.62. The van der Waals surface area contributed by atoms with Gasteiger partial charge in [-0.15, -0.1) is 0 Å². The minimum absolute atomic E-state index is 0.150. The lowest BCUT2D eigenvalue weighted by Gasteiger charge is -2.20. The third kappa shape index (κ3) is 5.32. The molecular weight excluding hydrogens is 375 g/mol. The van der Waals surface area contributed by atoms with E-state index in [4.69, 9.17) is 4.74 Å². The van der Waals surface area contributed by atoms with Crippen LogP contribution in [0.2, 0.25) is 0 Å². The highest BCUT2D eigenvalue weighted by molar-refractivity contribution is 9.10. The van der Waals surface area contributed by atoms with Crippen molar-refractivity contribution < 1.29 is 13.9 Å². The van der Waals surface area contributed by atoms with Crippen LogP contribution in [0.4, 0.5) is 10.1 Å². The lowest BCUT2D eigenvalue weighted by molar-refractivity contribution is -0.117. The Balaban J connectivity index is 1.97. The van der Waals surface area contributed by atoms with Crippen molar-refractivity contribution in [3.63, 3.8) is 0 Å². The van der Waals surface area contributed by atoms with Gasteiger partial charge >= 0.3 is 0 Å². The van der Waals surface area contributed by atoms with E-state index in [1.54, 1.807) is 31.4 Å². The summed E-state index contributed by atoms with van der Waals surface area (Å²) in [5, 5.41) is 2.83. The van der Waals surface area contributed by atoms with Gasteiger partial charge in [0, 0.05) is 28.3 Å². The maximum absolute atomic E-state index is 13.9. The van der Waals surface area contributed by atoms with Gasteiger partial charge in [0.05, 0.1) is 13.7 Å². The number of rotatable bonds is 7. The quantitative estimate of drug-likeness (QED) is 0.769. The summed E-state index contributed by atoms with van der Waals surface area (Å²) in [6.45, 7) is 3.14. The lowest BCUT2D eigenvalue weighted by Crippen LogP contribution is -2.33. The van der Waals surface area contributed by atoms with Crippen molar-refractivity contribution in [2.24, 2.45) is 0 Å². The molecule has 2 aromatic rings. The number of anilines is 1.